The lowest BCUT2D eigenvalue weighted by molar-refractivity contribution is 0.0959. The topological polar surface area (TPSA) is 48.3 Å². The fourth-order valence-corrected chi connectivity index (χ4v) is 3.20. The number of halogens is 1. The Morgan fingerprint density at radius 2 is 2.10 bits per heavy atom. The fraction of sp³-hybridized carbons (Fsp3) is 0.250. The Morgan fingerprint density at radius 1 is 1.38 bits per heavy atom. The molecule has 21 heavy (non-hydrogen) atoms. The van der Waals surface area contributed by atoms with Crippen molar-refractivity contribution >= 4 is 23.7 Å². The van der Waals surface area contributed by atoms with E-state index >= 15 is 0 Å². The first-order valence-electron chi connectivity index (χ1n) is 6.68. The van der Waals surface area contributed by atoms with Gasteiger partial charge in [-0.2, -0.15) is 0 Å². The van der Waals surface area contributed by atoms with E-state index in [1.54, 1.807) is 37.4 Å². The van der Waals surface area contributed by atoms with Crippen LogP contribution in [0.4, 0.5) is 0 Å². The van der Waals surface area contributed by atoms with Crippen molar-refractivity contribution in [3.8, 4) is 5.75 Å². The van der Waals surface area contributed by atoms with E-state index in [0.29, 0.717) is 35.0 Å². The van der Waals surface area contributed by atoms with Gasteiger partial charge < -0.3 is 9.30 Å². The standard InChI is InChI=1S/C16H14ClNO3/c1-21-12-4-2-10(3-5-12)16(20)13-6-7-18-11(9-19)8-14(17)15(13)18/h2-5,8-9,13H,6-7H2,1H3. The minimum absolute atomic E-state index is 0.0221. The summed E-state index contributed by atoms with van der Waals surface area (Å²) < 4.78 is 6.93. The molecule has 0 saturated carbocycles. The van der Waals surface area contributed by atoms with Crippen molar-refractivity contribution in [3.63, 3.8) is 0 Å². The summed E-state index contributed by atoms with van der Waals surface area (Å²) in [6.45, 7) is 0.642. The highest BCUT2D eigenvalue weighted by Crippen LogP contribution is 2.38. The zero-order valence-corrected chi connectivity index (χ0v) is 12.3. The lowest BCUT2D eigenvalue weighted by Gasteiger charge is -2.10. The number of nitrogens with zero attached hydrogens (tertiary/aromatic N) is 1. The number of hydrogen-bond acceptors (Lipinski definition) is 3. The Morgan fingerprint density at radius 3 is 2.71 bits per heavy atom. The van der Waals surface area contributed by atoms with E-state index in [9.17, 15) is 9.59 Å². The molecule has 4 nitrogen and oxygen atoms in total. The Balaban J connectivity index is 1.94. The van der Waals surface area contributed by atoms with Crippen molar-refractivity contribution in [1.29, 1.82) is 0 Å². The third kappa shape index (κ3) is 2.25. The van der Waals surface area contributed by atoms with Gasteiger partial charge in [0.2, 0.25) is 0 Å². The molecule has 0 amide bonds. The zero-order valence-electron chi connectivity index (χ0n) is 11.5. The van der Waals surface area contributed by atoms with Crippen LogP contribution in [0.3, 0.4) is 0 Å². The lowest BCUT2D eigenvalue weighted by Crippen LogP contribution is -2.10. The van der Waals surface area contributed by atoms with Gasteiger partial charge in [0.1, 0.15) is 5.75 Å². The van der Waals surface area contributed by atoms with Crippen LogP contribution in [0.15, 0.2) is 30.3 Å². The second kappa shape index (κ2) is 5.37. The first-order chi connectivity index (χ1) is 10.2. The first kappa shape index (κ1) is 13.9. The molecule has 0 radical (unpaired) electrons. The number of carbonyl (C=O) groups is 2. The predicted octanol–water partition coefficient (Wildman–Crippen LogP) is 3.33. The number of ketones is 1. The number of carbonyl (C=O) groups excluding carboxylic acids is 2. The van der Waals surface area contributed by atoms with Crippen molar-refractivity contribution in [2.75, 3.05) is 7.11 Å². The molecule has 1 aliphatic heterocycles. The van der Waals surface area contributed by atoms with E-state index in [1.165, 1.54) is 0 Å². The van der Waals surface area contributed by atoms with Crippen molar-refractivity contribution in [3.05, 3.63) is 52.3 Å². The van der Waals surface area contributed by atoms with Gasteiger partial charge in [0.25, 0.3) is 0 Å². The van der Waals surface area contributed by atoms with Crippen molar-refractivity contribution in [1.82, 2.24) is 4.57 Å². The summed E-state index contributed by atoms with van der Waals surface area (Å²) in [6, 6.07) is 8.65. The fourth-order valence-electron chi connectivity index (χ4n) is 2.86. The molecule has 0 saturated heterocycles. The average Bonchev–Trinajstić information content (AvgIpc) is 3.08. The lowest BCUT2D eigenvalue weighted by atomic mass is 9.94. The van der Waals surface area contributed by atoms with Crippen LogP contribution >= 0.6 is 11.6 Å². The summed E-state index contributed by atoms with van der Waals surface area (Å²) in [4.78, 5) is 23.7. The molecule has 1 aliphatic rings. The minimum atomic E-state index is -0.292. The van der Waals surface area contributed by atoms with E-state index in [2.05, 4.69) is 0 Å². The van der Waals surface area contributed by atoms with E-state index in [0.717, 1.165) is 12.0 Å². The number of fused-ring (bicyclic) bond motifs is 1. The van der Waals surface area contributed by atoms with Crippen LogP contribution in [0.2, 0.25) is 5.02 Å². The van der Waals surface area contributed by atoms with E-state index in [-0.39, 0.29) is 11.7 Å². The quantitative estimate of drug-likeness (QED) is 0.643. The van der Waals surface area contributed by atoms with Crippen LogP contribution in [0.25, 0.3) is 0 Å². The Hall–Kier alpha value is -2.07. The van der Waals surface area contributed by atoms with Gasteiger partial charge in [-0.1, -0.05) is 11.6 Å². The molecule has 1 unspecified atom stereocenters. The Bertz CT molecular complexity index is 703. The summed E-state index contributed by atoms with van der Waals surface area (Å²) in [6.07, 6.45) is 1.44. The number of aromatic nitrogens is 1. The third-order valence-corrected chi connectivity index (χ3v) is 4.21. The Kier molecular flexibility index (Phi) is 3.55. The molecule has 1 atom stereocenters. The molecule has 1 aromatic carbocycles. The molecule has 0 N–H and O–H groups in total. The number of hydrogen-bond donors (Lipinski definition) is 0. The molecule has 3 rings (SSSR count). The van der Waals surface area contributed by atoms with E-state index in [1.807, 2.05) is 4.57 Å². The Labute approximate surface area is 127 Å². The zero-order chi connectivity index (χ0) is 15.0. The number of benzene rings is 1. The molecule has 0 spiro atoms. The molecule has 5 heteroatoms. The molecule has 0 aliphatic carbocycles. The molecular formula is C16H14ClNO3. The van der Waals surface area contributed by atoms with Crippen LogP contribution in [0.1, 0.15) is 38.9 Å². The van der Waals surface area contributed by atoms with Gasteiger partial charge in [0.05, 0.1) is 23.7 Å². The summed E-state index contributed by atoms with van der Waals surface area (Å²) in [5.41, 5.74) is 1.90. The maximum Gasteiger partial charge on any atom is 0.171 e. The maximum absolute atomic E-state index is 12.7. The van der Waals surface area contributed by atoms with Gasteiger partial charge in [-0.05, 0) is 36.8 Å². The number of aldehydes is 1. The second-order valence-corrected chi connectivity index (χ2v) is 5.41. The normalized spacial score (nSPS) is 16.6. The van der Waals surface area contributed by atoms with Gasteiger partial charge in [0, 0.05) is 17.8 Å². The van der Waals surface area contributed by atoms with Gasteiger partial charge >= 0.3 is 0 Å². The number of Topliss-reactive ketones (excluding diaryl/α,β-unsaturated/α-hetero) is 1. The maximum atomic E-state index is 12.7. The monoisotopic (exact) mass is 303 g/mol. The van der Waals surface area contributed by atoms with Crippen LogP contribution < -0.4 is 4.74 Å². The molecular weight excluding hydrogens is 290 g/mol. The van der Waals surface area contributed by atoms with Gasteiger partial charge in [-0.25, -0.2) is 0 Å². The molecule has 108 valence electrons. The second-order valence-electron chi connectivity index (χ2n) is 5.01. The third-order valence-electron chi connectivity index (χ3n) is 3.90. The number of methoxy groups -OCH3 is 1. The van der Waals surface area contributed by atoms with Crippen LogP contribution in [-0.4, -0.2) is 23.7 Å². The molecule has 1 aromatic heterocycles. The largest absolute Gasteiger partial charge is 0.497 e. The summed E-state index contributed by atoms with van der Waals surface area (Å²) in [7, 11) is 1.58. The molecule has 2 heterocycles. The number of rotatable bonds is 4. The summed E-state index contributed by atoms with van der Waals surface area (Å²) >= 11 is 6.19. The van der Waals surface area contributed by atoms with Gasteiger partial charge in [-0.3, -0.25) is 9.59 Å². The highest BCUT2D eigenvalue weighted by molar-refractivity contribution is 6.32. The summed E-state index contributed by atoms with van der Waals surface area (Å²) in [5, 5.41) is 0.487. The molecule has 2 aromatic rings. The summed E-state index contributed by atoms with van der Waals surface area (Å²) in [5.74, 6) is 0.441. The smallest absolute Gasteiger partial charge is 0.171 e. The number of ether oxygens (including phenoxy) is 1. The van der Waals surface area contributed by atoms with Gasteiger partial charge in [-0.15, -0.1) is 0 Å². The van der Waals surface area contributed by atoms with Gasteiger partial charge in [0.15, 0.2) is 12.1 Å². The molecule has 0 bridgehead atoms. The van der Waals surface area contributed by atoms with Crippen LogP contribution in [0.5, 0.6) is 5.75 Å². The van der Waals surface area contributed by atoms with Crippen LogP contribution in [0, 0.1) is 0 Å². The van der Waals surface area contributed by atoms with E-state index < -0.39 is 0 Å². The molecule has 0 fully saturated rings. The van der Waals surface area contributed by atoms with E-state index in [4.69, 9.17) is 16.3 Å². The minimum Gasteiger partial charge on any atom is -0.497 e. The highest BCUT2D eigenvalue weighted by atomic mass is 35.5. The average molecular weight is 304 g/mol. The van der Waals surface area contributed by atoms with Crippen LogP contribution in [-0.2, 0) is 6.54 Å². The van der Waals surface area contributed by atoms with Crippen molar-refractivity contribution in [2.45, 2.75) is 18.9 Å². The van der Waals surface area contributed by atoms with Crippen molar-refractivity contribution in [2.24, 2.45) is 0 Å². The predicted molar refractivity (Wildman–Crippen MR) is 79.5 cm³/mol. The first-order valence-corrected chi connectivity index (χ1v) is 7.06. The highest BCUT2D eigenvalue weighted by Gasteiger charge is 2.33. The van der Waals surface area contributed by atoms with Crippen molar-refractivity contribution < 1.29 is 14.3 Å². The SMILES string of the molecule is COc1ccc(C(=O)C2CCn3c(C=O)cc(Cl)c32)cc1.